The number of anilines is 1. The van der Waals surface area contributed by atoms with E-state index in [-0.39, 0.29) is 23.9 Å². The fraction of sp³-hybridized carbons (Fsp3) is 0.429. The lowest BCUT2D eigenvalue weighted by molar-refractivity contribution is -0.114. The normalized spacial score (nSPS) is 18.6. The Labute approximate surface area is 163 Å². The molecule has 1 heterocycles. The van der Waals surface area contributed by atoms with Gasteiger partial charge in [-0.25, -0.2) is 4.79 Å². The number of carbonyl (C=O) groups is 2. The van der Waals surface area contributed by atoms with Crippen LogP contribution in [0, 0.1) is 0 Å². The molecular formula is C21H25NO4S. The second-order valence-electron chi connectivity index (χ2n) is 6.91. The zero-order valence-corrected chi connectivity index (χ0v) is 16.5. The van der Waals surface area contributed by atoms with Gasteiger partial charge in [-0.1, -0.05) is 30.3 Å². The molecule has 0 saturated carbocycles. The largest absolute Gasteiger partial charge is 0.462 e. The molecule has 0 fully saturated rings. The number of carbonyl (C=O) groups excluding carboxylic acids is 2. The molecule has 0 bridgehead atoms. The molecule has 1 aromatic carbocycles. The van der Waals surface area contributed by atoms with Crippen LogP contribution < -0.4 is 5.32 Å². The fourth-order valence-corrected chi connectivity index (χ4v) is 5.38. The summed E-state index contributed by atoms with van der Waals surface area (Å²) in [4.78, 5) is 25.2. The SMILES string of the molecule is CCOC(=O)c1c(NC(C)=O)sc2c1CCC(CCO)(c1ccccc1)C2. The summed E-state index contributed by atoms with van der Waals surface area (Å²) in [7, 11) is 0. The maximum absolute atomic E-state index is 12.5. The van der Waals surface area contributed by atoms with Gasteiger partial charge in [-0.3, -0.25) is 4.79 Å². The minimum absolute atomic E-state index is 0.110. The molecule has 0 radical (unpaired) electrons. The number of nitrogens with one attached hydrogen (secondary N) is 1. The number of ether oxygens (including phenoxy) is 1. The average molecular weight is 388 g/mol. The van der Waals surface area contributed by atoms with E-state index in [2.05, 4.69) is 17.4 Å². The topological polar surface area (TPSA) is 75.6 Å². The molecule has 6 heteroatoms. The minimum Gasteiger partial charge on any atom is -0.462 e. The van der Waals surface area contributed by atoms with E-state index in [0.29, 0.717) is 30.0 Å². The summed E-state index contributed by atoms with van der Waals surface area (Å²) in [6, 6.07) is 10.2. The summed E-state index contributed by atoms with van der Waals surface area (Å²) >= 11 is 1.45. The average Bonchev–Trinajstić information content (AvgIpc) is 2.99. The van der Waals surface area contributed by atoms with Gasteiger partial charge in [0.15, 0.2) is 0 Å². The molecule has 1 aromatic heterocycles. The van der Waals surface area contributed by atoms with Gasteiger partial charge >= 0.3 is 5.97 Å². The first-order valence-corrected chi connectivity index (χ1v) is 10.1. The molecule has 0 spiro atoms. The van der Waals surface area contributed by atoms with Crippen LogP contribution in [-0.2, 0) is 27.8 Å². The first-order chi connectivity index (χ1) is 13.0. The molecule has 1 unspecified atom stereocenters. The van der Waals surface area contributed by atoms with Crippen molar-refractivity contribution in [3.8, 4) is 0 Å². The van der Waals surface area contributed by atoms with Gasteiger partial charge in [-0.2, -0.15) is 0 Å². The van der Waals surface area contributed by atoms with Crippen LogP contribution in [0.25, 0.3) is 0 Å². The Kier molecular flexibility index (Phi) is 5.97. The summed E-state index contributed by atoms with van der Waals surface area (Å²) in [6.45, 7) is 3.62. The smallest absolute Gasteiger partial charge is 0.341 e. The van der Waals surface area contributed by atoms with Crippen molar-refractivity contribution in [2.45, 2.75) is 44.9 Å². The van der Waals surface area contributed by atoms with Crippen molar-refractivity contribution < 1.29 is 19.4 Å². The van der Waals surface area contributed by atoms with Gasteiger partial charge in [0.2, 0.25) is 5.91 Å². The zero-order valence-electron chi connectivity index (χ0n) is 15.7. The molecule has 1 aliphatic rings. The summed E-state index contributed by atoms with van der Waals surface area (Å²) in [6.07, 6.45) is 2.96. The monoisotopic (exact) mass is 387 g/mol. The lowest BCUT2D eigenvalue weighted by Gasteiger charge is -2.37. The maximum atomic E-state index is 12.5. The highest BCUT2D eigenvalue weighted by Crippen LogP contribution is 2.47. The Hall–Kier alpha value is -2.18. The van der Waals surface area contributed by atoms with E-state index in [9.17, 15) is 14.7 Å². The number of fused-ring (bicyclic) bond motifs is 1. The van der Waals surface area contributed by atoms with E-state index >= 15 is 0 Å². The Morgan fingerprint density at radius 2 is 2.04 bits per heavy atom. The Morgan fingerprint density at radius 1 is 1.30 bits per heavy atom. The Morgan fingerprint density at radius 3 is 2.67 bits per heavy atom. The summed E-state index contributed by atoms with van der Waals surface area (Å²) in [5.41, 5.74) is 2.52. The van der Waals surface area contributed by atoms with E-state index < -0.39 is 0 Å². The number of thiophene rings is 1. The lowest BCUT2D eigenvalue weighted by atomic mass is 9.67. The summed E-state index contributed by atoms with van der Waals surface area (Å²) < 4.78 is 5.24. The molecule has 0 saturated heterocycles. The van der Waals surface area contributed by atoms with Crippen LogP contribution in [0.2, 0.25) is 0 Å². The van der Waals surface area contributed by atoms with Crippen molar-refractivity contribution >= 4 is 28.2 Å². The van der Waals surface area contributed by atoms with Crippen molar-refractivity contribution in [3.63, 3.8) is 0 Å². The highest BCUT2D eigenvalue weighted by atomic mass is 32.1. The number of benzene rings is 1. The zero-order chi connectivity index (χ0) is 19.4. The predicted molar refractivity (Wildman–Crippen MR) is 106 cm³/mol. The molecule has 5 nitrogen and oxygen atoms in total. The number of hydrogen-bond acceptors (Lipinski definition) is 5. The molecular weight excluding hydrogens is 362 g/mol. The highest BCUT2D eigenvalue weighted by Gasteiger charge is 2.39. The van der Waals surface area contributed by atoms with Crippen LogP contribution in [0.1, 0.15) is 53.1 Å². The second kappa shape index (κ2) is 8.23. The van der Waals surface area contributed by atoms with Crippen LogP contribution in [-0.4, -0.2) is 30.2 Å². The van der Waals surface area contributed by atoms with E-state index in [1.165, 1.54) is 23.8 Å². The van der Waals surface area contributed by atoms with Gasteiger partial charge in [0.1, 0.15) is 5.00 Å². The van der Waals surface area contributed by atoms with Crippen LogP contribution in [0.15, 0.2) is 30.3 Å². The molecule has 1 aliphatic carbocycles. The molecule has 3 rings (SSSR count). The molecule has 27 heavy (non-hydrogen) atoms. The first-order valence-electron chi connectivity index (χ1n) is 9.26. The Balaban J connectivity index is 2.04. The minimum atomic E-state index is -0.381. The van der Waals surface area contributed by atoms with Gasteiger partial charge in [-0.05, 0) is 43.7 Å². The van der Waals surface area contributed by atoms with Crippen LogP contribution in [0.5, 0.6) is 0 Å². The van der Waals surface area contributed by atoms with Gasteiger partial charge in [0.05, 0.1) is 12.2 Å². The summed E-state index contributed by atoms with van der Waals surface area (Å²) in [5.74, 6) is -0.586. The molecule has 144 valence electrons. The van der Waals surface area contributed by atoms with E-state index in [1.54, 1.807) is 6.92 Å². The molecule has 2 N–H and O–H groups in total. The van der Waals surface area contributed by atoms with Crippen molar-refractivity contribution in [1.29, 1.82) is 0 Å². The number of esters is 1. The van der Waals surface area contributed by atoms with Crippen LogP contribution >= 0.6 is 11.3 Å². The number of hydrogen-bond donors (Lipinski definition) is 2. The van der Waals surface area contributed by atoms with E-state index in [4.69, 9.17) is 4.74 Å². The number of rotatable bonds is 6. The third-order valence-corrected chi connectivity index (χ3v) is 6.34. The maximum Gasteiger partial charge on any atom is 0.341 e. The van der Waals surface area contributed by atoms with Gasteiger partial charge < -0.3 is 15.2 Å². The molecule has 1 atom stereocenters. The fourth-order valence-electron chi connectivity index (χ4n) is 3.96. The standard InChI is InChI=1S/C21H25NO4S/c1-3-26-20(25)18-16-9-10-21(11-12-23,15-7-5-4-6-8-15)13-17(16)27-19(18)22-14(2)24/h4-8,23H,3,9-13H2,1-2H3,(H,22,24). The quantitative estimate of drug-likeness (QED) is 0.741. The van der Waals surface area contributed by atoms with E-state index in [0.717, 1.165) is 23.3 Å². The number of aliphatic hydroxyl groups excluding tert-OH is 1. The van der Waals surface area contributed by atoms with E-state index in [1.807, 2.05) is 18.2 Å². The second-order valence-corrected chi connectivity index (χ2v) is 8.01. The van der Waals surface area contributed by atoms with Gasteiger partial charge in [0.25, 0.3) is 0 Å². The lowest BCUT2D eigenvalue weighted by Crippen LogP contribution is -2.34. The van der Waals surface area contributed by atoms with Gasteiger partial charge in [0, 0.05) is 23.8 Å². The van der Waals surface area contributed by atoms with Crippen molar-refractivity contribution in [1.82, 2.24) is 0 Å². The van der Waals surface area contributed by atoms with Gasteiger partial charge in [-0.15, -0.1) is 11.3 Å². The summed E-state index contributed by atoms with van der Waals surface area (Å²) in [5, 5.41) is 13.1. The third kappa shape index (κ3) is 3.92. The van der Waals surface area contributed by atoms with Crippen LogP contribution in [0.4, 0.5) is 5.00 Å². The molecule has 1 amide bonds. The molecule has 2 aromatic rings. The van der Waals surface area contributed by atoms with Crippen LogP contribution in [0.3, 0.4) is 0 Å². The predicted octanol–water partition coefficient (Wildman–Crippen LogP) is 3.69. The first kappa shape index (κ1) is 19.6. The highest BCUT2D eigenvalue weighted by molar-refractivity contribution is 7.17. The Bertz CT molecular complexity index is 830. The van der Waals surface area contributed by atoms with Crippen molar-refractivity contribution in [3.05, 3.63) is 51.9 Å². The number of aliphatic hydroxyl groups is 1. The number of amides is 1. The van der Waals surface area contributed by atoms with Crippen molar-refractivity contribution in [2.75, 3.05) is 18.5 Å². The van der Waals surface area contributed by atoms with Crippen molar-refractivity contribution in [2.24, 2.45) is 0 Å². The molecule has 0 aliphatic heterocycles. The third-order valence-electron chi connectivity index (χ3n) is 5.19.